The van der Waals surface area contributed by atoms with Crippen LogP contribution >= 0.6 is 11.7 Å². The number of carbonyl (C=O) groups is 2. The fourth-order valence-corrected chi connectivity index (χ4v) is 5.29. The average Bonchev–Trinajstić information content (AvgIpc) is 3.35. The second kappa shape index (κ2) is 10.5. The number of methoxy groups -OCH3 is 1. The minimum absolute atomic E-state index is 0.0281. The Morgan fingerprint density at radius 2 is 1.56 bits per heavy atom. The second-order valence-electron chi connectivity index (χ2n) is 8.61. The lowest BCUT2D eigenvalue weighted by Crippen LogP contribution is -2.35. The highest BCUT2D eigenvalue weighted by molar-refractivity contribution is 7.90. The van der Waals surface area contributed by atoms with Gasteiger partial charge in [-0.15, -0.1) is 0 Å². The molecule has 1 aromatic heterocycles. The van der Waals surface area contributed by atoms with Gasteiger partial charge in [0.25, 0.3) is 10.0 Å². The van der Waals surface area contributed by atoms with E-state index in [1.807, 2.05) is 13.8 Å². The molecule has 10 heteroatoms. The van der Waals surface area contributed by atoms with E-state index < -0.39 is 21.8 Å². The topological polar surface area (TPSA) is 115 Å². The van der Waals surface area contributed by atoms with Crippen LogP contribution in [0, 0.1) is 0 Å². The number of amides is 1. The van der Waals surface area contributed by atoms with Gasteiger partial charge in [0, 0.05) is 12.0 Å². The lowest BCUT2D eigenvalue weighted by atomic mass is 9.90. The number of carbonyl (C=O) groups excluding carboxylic acids is 2. The van der Waals surface area contributed by atoms with Gasteiger partial charge in [-0.1, -0.05) is 32.0 Å². The van der Waals surface area contributed by atoms with E-state index in [4.69, 9.17) is 4.74 Å². The van der Waals surface area contributed by atoms with Gasteiger partial charge in [-0.3, -0.25) is 9.59 Å². The third kappa shape index (κ3) is 5.60. The number of nitrogens with one attached hydrogen (secondary N) is 1. The summed E-state index contributed by atoms with van der Waals surface area (Å²) in [5.41, 5.74) is 3.06. The Kier molecular flexibility index (Phi) is 7.46. The lowest BCUT2D eigenvalue weighted by Gasteiger charge is -2.17. The van der Waals surface area contributed by atoms with Crippen LogP contribution in [-0.4, -0.2) is 36.0 Å². The Balaban J connectivity index is 1.63. The number of hydrogen-bond donors (Lipinski definition) is 1. The predicted molar refractivity (Wildman–Crippen MR) is 138 cm³/mol. The highest BCUT2D eigenvalue weighted by Crippen LogP contribution is 2.27. The number of fused-ring (bicyclic) bond motifs is 1. The van der Waals surface area contributed by atoms with E-state index in [2.05, 4.69) is 13.5 Å². The molecule has 0 aliphatic heterocycles. The summed E-state index contributed by atoms with van der Waals surface area (Å²) < 4.78 is 41.7. The number of rotatable bonds is 9. The van der Waals surface area contributed by atoms with Crippen LogP contribution in [-0.2, 0) is 14.8 Å². The first-order valence-electron chi connectivity index (χ1n) is 11.2. The standard InChI is InChI=1S/C26H25N3O5S2/c1-16(2)17-6-11-21(12-7-17)36(32,33)29-26(31)22(19-8-13-23-24(14-19)28-35-27-23)15-25(30)18-4-9-20(34-3)10-5-18/h4-14,16,22H,15H2,1-3H3,(H,29,31). The molecule has 8 nitrogen and oxygen atoms in total. The fraction of sp³-hybridized carbons (Fsp3) is 0.231. The molecule has 0 bridgehead atoms. The lowest BCUT2D eigenvalue weighted by molar-refractivity contribution is -0.120. The zero-order valence-electron chi connectivity index (χ0n) is 20.0. The van der Waals surface area contributed by atoms with E-state index in [1.165, 1.54) is 19.2 Å². The van der Waals surface area contributed by atoms with Crippen LogP contribution in [0.4, 0.5) is 0 Å². The van der Waals surface area contributed by atoms with Crippen LogP contribution in [0.2, 0.25) is 0 Å². The van der Waals surface area contributed by atoms with Gasteiger partial charge in [-0.2, -0.15) is 8.75 Å². The SMILES string of the molecule is COc1ccc(C(=O)CC(C(=O)NS(=O)(=O)c2ccc(C(C)C)cc2)c2ccc3nsnc3c2)cc1. The number of hydrogen-bond acceptors (Lipinski definition) is 8. The number of nitrogens with zero attached hydrogens (tertiary/aromatic N) is 2. The van der Waals surface area contributed by atoms with Gasteiger partial charge in [0.15, 0.2) is 5.78 Å². The molecule has 1 heterocycles. The Morgan fingerprint density at radius 1 is 0.917 bits per heavy atom. The van der Waals surface area contributed by atoms with Crippen molar-refractivity contribution in [3.8, 4) is 5.75 Å². The first kappa shape index (κ1) is 25.5. The van der Waals surface area contributed by atoms with Gasteiger partial charge in [0.2, 0.25) is 5.91 Å². The van der Waals surface area contributed by atoms with Crippen molar-refractivity contribution in [1.82, 2.24) is 13.5 Å². The minimum Gasteiger partial charge on any atom is -0.497 e. The first-order chi connectivity index (χ1) is 17.2. The highest BCUT2D eigenvalue weighted by atomic mass is 32.2. The third-order valence-electron chi connectivity index (χ3n) is 5.89. The molecule has 0 aliphatic carbocycles. The van der Waals surface area contributed by atoms with Crippen molar-refractivity contribution in [2.24, 2.45) is 0 Å². The van der Waals surface area contributed by atoms with Crippen LogP contribution < -0.4 is 9.46 Å². The Hall–Kier alpha value is -3.63. The molecular formula is C26H25N3O5S2. The van der Waals surface area contributed by atoms with Gasteiger partial charge in [0.1, 0.15) is 16.8 Å². The van der Waals surface area contributed by atoms with Gasteiger partial charge >= 0.3 is 0 Å². The van der Waals surface area contributed by atoms with Crippen molar-refractivity contribution in [3.63, 3.8) is 0 Å². The van der Waals surface area contributed by atoms with E-state index in [9.17, 15) is 18.0 Å². The van der Waals surface area contributed by atoms with Crippen LogP contribution in [0.5, 0.6) is 5.75 Å². The van der Waals surface area contributed by atoms with E-state index >= 15 is 0 Å². The summed E-state index contributed by atoms with van der Waals surface area (Å²) in [7, 11) is -2.62. The summed E-state index contributed by atoms with van der Waals surface area (Å²) >= 11 is 1.03. The van der Waals surface area contributed by atoms with Crippen molar-refractivity contribution in [1.29, 1.82) is 0 Å². The maximum Gasteiger partial charge on any atom is 0.264 e. The normalized spacial score (nSPS) is 12.4. The number of ketones is 1. The summed E-state index contributed by atoms with van der Waals surface area (Å²) in [6, 6.07) is 17.9. The van der Waals surface area contributed by atoms with Crippen LogP contribution in [0.15, 0.2) is 71.6 Å². The van der Waals surface area contributed by atoms with Crippen LogP contribution in [0.1, 0.15) is 53.6 Å². The molecule has 186 valence electrons. The molecule has 0 fully saturated rings. The summed E-state index contributed by atoms with van der Waals surface area (Å²) in [5, 5.41) is 0. The molecule has 1 unspecified atom stereocenters. The zero-order chi connectivity index (χ0) is 25.9. The average molecular weight is 524 g/mol. The van der Waals surface area contributed by atoms with Crippen molar-refractivity contribution in [3.05, 3.63) is 83.4 Å². The number of aromatic nitrogens is 2. The molecule has 0 radical (unpaired) electrons. The third-order valence-corrected chi connectivity index (χ3v) is 7.81. The molecule has 3 aromatic carbocycles. The molecule has 36 heavy (non-hydrogen) atoms. The summed E-state index contributed by atoms with van der Waals surface area (Å²) in [6.07, 6.45) is -0.233. The zero-order valence-corrected chi connectivity index (χ0v) is 21.6. The highest BCUT2D eigenvalue weighted by Gasteiger charge is 2.29. The van der Waals surface area contributed by atoms with E-state index in [0.717, 1.165) is 17.3 Å². The van der Waals surface area contributed by atoms with Gasteiger partial charge in [-0.05, 0) is 65.6 Å². The molecule has 0 saturated heterocycles. The van der Waals surface area contributed by atoms with Crippen LogP contribution in [0.25, 0.3) is 11.0 Å². The minimum atomic E-state index is -4.15. The number of sulfonamides is 1. The van der Waals surface area contributed by atoms with Crippen molar-refractivity contribution < 1.29 is 22.7 Å². The largest absolute Gasteiger partial charge is 0.497 e. The Morgan fingerprint density at radius 3 is 2.19 bits per heavy atom. The summed E-state index contributed by atoms with van der Waals surface area (Å²) in [6.45, 7) is 4.01. The predicted octanol–water partition coefficient (Wildman–Crippen LogP) is 4.69. The maximum atomic E-state index is 13.4. The number of benzene rings is 3. The van der Waals surface area contributed by atoms with Gasteiger partial charge < -0.3 is 4.74 Å². The number of Topliss-reactive ketones (excluding diaryl/α,β-unsaturated/α-hetero) is 1. The molecule has 0 saturated carbocycles. The Labute approximate surface area is 213 Å². The van der Waals surface area contributed by atoms with Crippen molar-refractivity contribution >= 4 is 44.5 Å². The van der Waals surface area contributed by atoms with Crippen LogP contribution in [0.3, 0.4) is 0 Å². The number of ether oxygens (including phenoxy) is 1. The molecule has 4 rings (SSSR count). The smallest absolute Gasteiger partial charge is 0.264 e. The van der Waals surface area contributed by atoms with E-state index in [1.54, 1.807) is 54.6 Å². The first-order valence-corrected chi connectivity index (χ1v) is 13.5. The fourth-order valence-electron chi connectivity index (χ4n) is 3.75. The van der Waals surface area contributed by atoms with Crippen molar-refractivity contribution in [2.45, 2.75) is 37.0 Å². The molecular weight excluding hydrogens is 498 g/mol. The maximum absolute atomic E-state index is 13.4. The van der Waals surface area contributed by atoms with Gasteiger partial charge in [0.05, 0.1) is 29.7 Å². The van der Waals surface area contributed by atoms with E-state index in [-0.39, 0.29) is 23.0 Å². The molecule has 1 atom stereocenters. The molecule has 1 amide bonds. The molecule has 0 spiro atoms. The molecule has 0 aliphatic rings. The Bertz CT molecular complexity index is 1490. The monoisotopic (exact) mass is 523 g/mol. The molecule has 1 N–H and O–H groups in total. The summed E-state index contributed by atoms with van der Waals surface area (Å²) in [5.74, 6) is -1.34. The van der Waals surface area contributed by atoms with Gasteiger partial charge in [-0.25, -0.2) is 13.1 Å². The summed E-state index contributed by atoms with van der Waals surface area (Å²) in [4.78, 5) is 26.4. The second-order valence-corrected chi connectivity index (χ2v) is 10.8. The van der Waals surface area contributed by atoms with Crippen molar-refractivity contribution in [2.75, 3.05) is 7.11 Å². The quantitative estimate of drug-likeness (QED) is 0.317. The van der Waals surface area contributed by atoms with E-state index in [0.29, 0.717) is 27.9 Å². The molecule has 4 aromatic rings.